The monoisotopic (exact) mass is 417 g/mol. The minimum Gasteiger partial charge on any atom is -0.481 e. The number of hydrogen-bond donors (Lipinski definition) is 2. The van der Waals surface area contributed by atoms with Gasteiger partial charge in [0.25, 0.3) is 0 Å². The number of hydrogen-bond acceptors (Lipinski definition) is 5. The fraction of sp³-hybridized carbons (Fsp3) is 0.286. The van der Waals surface area contributed by atoms with Crippen LogP contribution in [0.1, 0.15) is 30.1 Å². The van der Waals surface area contributed by atoms with Crippen LogP contribution >= 0.6 is 11.3 Å². The molecule has 3 rings (SSSR count). The van der Waals surface area contributed by atoms with E-state index in [1.807, 2.05) is 0 Å². The number of carboxylic acids is 1. The highest BCUT2D eigenvalue weighted by molar-refractivity contribution is 7.15. The molecule has 6 nitrogen and oxygen atoms in total. The fourth-order valence-corrected chi connectivity index (χ4v) is 4.24. The van der Waals surface area contributed by atoms with Crippen LogP contribution in [-0.4, -0.2) is 29.6 Å². The van der Waals surface area contributed by atoms with E-state index < -0.39 is 35.5 Å². The highest BCUT2D eigenvalue weighted by Crippen LogP contribution is 2.37. The second-order valence-corrected chi connectivity index (χ2v) is 7.44. The summed E-state index contributed by atoms with van der Waals surface area (Å²) in [5, 5.41) is 14.1. The SMILES string of the molecule is CCOC(=O)c1c(-c2ccc(F)cc2)csc1NC(=O)[C@H]1CC=CC[C@@H]1C(=O)O. The summed E-state index contributed by atoms with van der Waals surface area (Å²) >= 11 is 1.14. The average Bonchev–Trinajstić information content (AvgIpc) is 3.12. The van der Waals surface area contributed by atoms with E-state index >= 15 is 0 Å². The van der Waals surface area contributed by atoms with E-state index in [2.05, 4.69) is 5.32 Å². The van der Waals surface area contributed by atoms with Gasteiger partial charge < -0.3 is 15.2 Å². The zero-order valence-electron chi connectivity index (χ0n) is 15.7. The number of ether oxygens (including phenoxy) is 1. The predicted molar refractivity (Wildman–Crippen MR) is 107 cm³/mol. The molecule has 0 saturated carbocycles. The molecule has 1 amide bonds. The van der Waals surface area contributed by atoms with Crippen molar-refractivity contribution < 1.29 is 28.6 Å². The molecular formula is C21H20FNO5S. The van der Waals surface area contributed by atoms with Gasteiger partial charge in [0.1, 0.15) is 16.4 Å². The van der Waals surface area contributed by atoms with Gasteiger partial charge in [0.15, 0.2) is 0 Å². The van der Waals surface area contributed by atoms with Gasteiger partial charge in [-0.2, -0.15) is 0 Å². The molecule has 0 radical (unpaired) electrons. The second kappa shape index (κ2) is 9.00. The third-order valence-corrected chi connectivity index (χ3v) is 5.64. The molecule has 2 atom stereocenters. The van der Waals surface area contributed by atoms with Gasteiger partial charge >= 0.3 is 11.9 Å². The number of amides is 1. The number of rotatable bonds is 6. The molecule has 0 aliphatic heterocycles. The molecule has 1 heterocycles. The average molecular weight is 417 g/mol. The van der Waals surface area contributed by atoms with Gasteiger partial charge in [0.05, 0.1) is 18.4 Å². The number of carbonyl (C=O) groups is 3. The predicted octanol–water partition coefficient (Wildman–Crippen LogP) is 4.34. The number of allylic oxidation sites excluding steroid dienone is 2. The first kappa shape index (κ1) is 20.7. The molecule has 0 spiro atoms. The van der Waals surface area contributed by atoms with Gasteiger partial charge in [-0.05, 0) is 37.5 Å². The molecule has 152 valence electrons. The van der Waals surface area contributed by atoms with Gasteiger partial charge in [0, 0.05) is 10.9 Å². The molecule has 0 saturated heterocycles. The summed E-state index contributed by atoms with van der Waals surface area (Å²) in [6.07, 6.45) is 4.13. The van der Waals surface area contributed by atoms with Crippen molar-refractivity contribution in [2.75, 3.05) is 11.9 Å². The molecule has 1 aromatic carbocycles. The zero-order valence-corrected chi connectivity index (χ0v) is 16.5. The van der Waals surface area contributed by atoms with Gasteiger partial charge in [0.2, 0.25) is 5.91 Å². The van der Waals surface area contributed by atoms with E-state index in [0.717, 1.165) is 11.3 Å². The third-order valence-electron chi connectivity index (χ3n) is 4.75. The van der Waals surface area contributed by atoms with Crippen molar-refractivity contribution in [3.05, 3.63) is 53.2 Å². The number of halogens is 1. The maximum Gasteiger partial charge on any atom is 0.341 e. The number of anilines is 1. The molecule has 8 heteroatoms. The van der Waals surface area contributed by atoms with Crippen molar-refractivity contribution in [3.63, 3.8) is 0 Å². The molecule has 2 N–H and O–H groups in total. The summed E-state index contributed by atoms with van der Waals surface area (Å²) in [5.41, 5.74) is 1.30. The summed E-state index contributed by atoms with van der Waals surface area (Å²) < 4.78 is 18.4. The summed E-state index contributed by atoms with van der Waals surface area (Å²) in [7, 11) is 0. The highest BCUT2D eigenvalue weighted by Gasteiger charge is 2.35. The van der Waals surface area contributed by atoms with Gasteiger partial charge in [-0.1, -0.05) is 24.3 Å². The van der Waals surface area contributed by atoms with Crippen LogP contribution < -0.4 is 5.32 Å². The lowest BCUT2D eigenvalue weighted by molar-refractivity contribution is -0.146. The van der Waals surface area contributed by atoms with E-state index in [-0.39, 0.29) is 23.6 Å². The maximum atomic E-state index is 13.3. The molecule has 0 unspecified atom stereocenters. The Morgan fingerprint density at radius 2 is 1.83 bits per heavy atom. The Balaban J connectivity index is 1.93. The smallest absolute Gasteiger partial charge is 0.341 e. The van der Waals surface area contributed by atoms with Crippen LogP contribution in [0.3, 0.4) is 0 Å². The minimum atomic E-state index is -1.03. The number of benzene rings is 1. The lowest BCUT2D eigenvalue weighted by atomic mass is 9.82. The normalized spacial score (nSPS) is 18.3. The van der Waals surface area contributed by atoms with Crippen molar-refractivity contribution in [2.24, 2.45) is 11.8 Å². The quantitative estimate of drug-likeness (QED) is 0.539. The van der Waals surface area contributed by atoms with Crippen LogP contribution in [0.25, 0.3) is 11.1 Å². The number of carboxylic acid groups (broad SMARTS) is 1. The Morgan fingerprint density at radius 1 is 1.17 bits per heavy atom. The van der Waals surface area contributed by atoms with E-state index in [1.54, 1.807) is 24.5 Å². The Morgan fingerprint density at radius 3 is 2.45 bits per heavy atom. The van der Waals surface area contributed by atoms with E-state index in [4.69, 9.17) is 4.74 Å². The van der Waals surface area contributed by atoms with Crippen LogP contribution in [0.15, 0.2) is 41.8 Å². The van der Waals surface area contributed by atoms with Crippen LogP contribution in [0.2, 0.25) is 0 Å². The topological polar surface area (TPSA) is 92.7 Å². The third kappa shape index (κ3) is 4.54. The van der Waals surface area contributed by atoms with Gasteiger partial charge in [-0.25, -0.2) is 9.18 Å². The number of nitrogens with one attached hydrogen (secondary N) is 1. The highest BCUT2D eigenvalue weighted by atomic mass is 32.1. The first-order valence-corrected chi connectivity index (χ1v) is 10.0. The van der Waals surface area contributed by atoms with Crippen LogP contribution in [0, 0.1) is 17.7 Å². The van der Waals surface area contributed by atoms with E-state index in [9.17, 15) is 23.9 Å². The standard InChI is InChI=1S/C21H20FNO5S/c1-2-28-21(27)17-16(12-7-9-13(22)10-8-12)11-29-19(17)23-18(24)14-5-3-4-6-15(14)20(25)26/h3-4,7-11,14-15H,2,5-6H2,1H3,(H,23,24)(H,25,26)/t14-,15-/m0/s1. The number of thiophene rings is 1. The first-order chi connectivity index (χ1) is 13.9. The van der Waals surface area contributed by atoms with Crippen molar-refractivity contribution in [1.29, 1.82) is 0 Å². The Kier molecular flexibility index (Phi) is 6.43. The van der Waals surface area contributed by atoms with Crippen LogP contribution in [0.4, 0.5) is 9.39 Å². The van der Waals surface area contributed by atoms with Gasteiger partial charge in [-0.3, -0.25) is 9.59 Å². The number of aliphatic carboxylic acids is 1. The van der Waals surface area contributed by atoms with E-state index in [0.29, 0.717) is 17.5 Å². The molecule has 1 aromatic heterocycles. The summed E-state index contributed by atoms with van der Waals surface area (Å²) in [6.45, 7) is 1.82. The number of carbonyl (C=O) groups excluding carboxylic acids is 2. The van der Waals surface area contributed by atoms with Crippen LogP contribution in [0.5, 0.6) is 0 Å². The lowest BCUT2D eigenvalue weighted by Crippen LogP contribution is -2.34. The minimum absolute atomic E-state index is 0.152. The molecular weight excluding hydrogens is 397 g/mol. The molecule has 2 aromatic rings. The zero-order chi connectivity index (χ0) is 21.0. The summed E-state index contributed by atoms with van der Waals surface area (Å²) in [5.74, 6) is -4.05. The summed E-state index contributed by atoms with van der Waals surface area (Å²) in [4.78, 5) is 36.9. The molecule has 0 fully saturated rings. The first-order valence-electron chi connectivity index (χ1n) is 9.15. The molecule has 1 aliphatic carbocycles. The van der Waals surface area contributed by atoms with Crippen molar-refractivity contribution in [1.82, 2.24) is 0 Å². The maximum absolute atomic E-state index is 13.3. The molecule has 29 heavy (non-hydrogen) atoms. The Labute approximate surface area is 171 Å². The Bertz CT molecular complexity index is 950. The van der Waals surface area contributed by atoms with Crippen molar-refractivity contribution in [3.8, 4) is 11.1 Å². The fourth-order valence-electron chi connectivity index (χ4n) is 3.28. The largest absolute Gasteiger partial charge is 0.481 e. The number of esters is 1. The molecule has 0 bridgehead atoms. The second-order valence-electron chi connectivity index (χ2n) is 6.56. The van der Waals surface area contributed by atoms with E-state index in [1.165, 1.54) is 24.3 Å². The van der Waals surface area contributed by atoms with Gasteiger partial charge in [-0.15, -0.1) is 11.3 Å². The summed E-state index contributed by atoms with van der Waals surface area (Å²) in [6, 6.07) is 5.65. The van der Waals surface area contributed by atoms with Crippen molar-refractivity contribution >= 4 is 34.2 Å². The lowest BCUT2D eigenvalue weighted by Gasteiger charge is -2.24. The molecule has 1 aliphatic rings. The van der Waals surface area contributed by atoms with Crippen molar-refractivity contribution in [2.45, 2.75) is 19.8 Å². The Hall–Kier alpha value is -3.00. The van der Waals surface area contributed by atoms with Crippen LogP contribution in [-0.2, 0) is 14.3 Å².